The number of hydrogen-bond acceptors (Lipinski definition) is 3. The van der Waals surface area contributed by atoms with E-state index in [2.05, 4.69) is 10.3 Å². The van der Waals surface area contributed by atoms with Gasteiger partial charge in [0, 0.05) is 19.3 Å². The van der Waals surface area contributed by atoms with Crippen LogP contribution in [-0.2, 0) is 11.3 Å². The van der Waals surface area contributed by atoms with Gasteiger partial charge in [0.25, 0.3) is 5.91 Å². The molecule has 0 spiro atoms. The van der Waals surface area contributed by atoms with Gasteiger partial charge in [-0.25, -0.2) is 4.39 Å². The molecule has 0 radical (unpaired) electrons. The molecule has 0 atom stereocenters. The lowest BCUT2D eigenvalue weighted by atomic mass is 10.2. The van der Waals surface area contributed by atoms with Crippen LogP contribution < -0.4 is 5.32 Å². The highest BCUT2D eigenvalue weighted by atomic mass is 19.1. The van der Waals surface area contributed by atoms with Crippen molar-refractivity contribution in [3.8, 4) is 6.07 Å². The number of amides is 2. The summed E-state index contributed by atoms with van der Waals surface area (Å²) in [6.07, 6.45) is 1.44. The molecule has 124 valence electrons. The Morgan fingerprint density at radius 2 is 2.04 bits per heavy atom. The van der Waals surface area contributed by atoms with Crippen LogP contribution in [0.15, 0.2) is 36.5 Å². The molecule has 1 aromatic carbocycles. The van der Waals surface area contributed by atoms with Gasteiger partial charge in [-0.3, -0.25) is 9.59 Å². The van der Waals surface area contributed by atoms with Gasteiger partial charge in [0.05, 0.1) is 12.1 Å². The van der Waals surface area contributed by atoms with E-state index in [1.807, 2.05) is 6.07 Å². The molecule has 1 aromatic heterocycles. The molecule has 7 heteroatoms. The molecule has 0 saturated heterocycles. The minimum absolute atomic E-state index is 0.0998. The summed E-state index contributed by atoms with van der Waals surface area (Å²) < 4.78 is 12.8. The van der Waals surface area contributed by atoms with Gasteiger partial charge < -0.3 is 15.2 Å². The predicted octanol–water partition coefficient (Wildman–Crippen LogP) is 1.80. The van der Waals surface area contributed by atoms with Crippen molar-refractivity contribution in [3.63, 3.8) is 0 Å². The van der Waals surface area contributed by atoms with Crippen LogP contribution in [0.5, 0.6) is 0 Å². The van der Waals surface area contributed by atoms with Crippen LogP contribution in [0.3, 0.4) is 0 Å². The molecule has 2 N–H and O–H groups in total. The third kappa shape index (κ3) is 4.43. The van der Waals surface area contributed by atoms with Gasteiger partial charge in [-0.05, 0) is 30.7 Å². The fraction of sp³-hybridized carbons (Fsp3) is 0.235. The van der Waals surface area contributed by atoms with E-state index in [9.17, 15) is 14.0 Å². The van der Waals surface area contributed by atoms with Crippen molar-refractivity contribution in [2.75, 3.05) is 13.1 Å². The number of aromatic amines is 1. The van der Waals surface area contributed by atoms with E-state index in [-0.39, 0.29) is 36.4 Å². The maximum Gasteiger partial charge on any atom is 0.270 e. The summed E-state index contributed by atoms with van der Waals surface area (Å²) >= 11 is 0. The lowest BCUT2D eigenvalue weighted by Crippen LogP contribution is -2.40. The van der Waals surface area contributed by atoms with E-state index in [1.54, 1.807) is 19.1 Å². The molecule has 2 amide bonds. The number of hydrogen-bond donors (Lipinski definition) is 2. The summed E-state index contributed by atoms with van der Waals surface area (Å²) in [5.74, 6) is -1.01. The minimum Gasteiger partial charge on any atom is -0.356 e. The smallest absolute Gasteiger partial charge is 0.270 e. The van der Waals surface area contributed by atoms with Crippen molar-refractivity contribution in [2.24, 2.45) is 0 Å². The molecule has 0 saturated carbocycles. The SMILES string of the molecule is CCN(CC(=O)NCc1ccc(F)cc1)C(=O)c1cc(C#N)c[nH]1. The van der Waals surface area contributed by atoms with Gasteiger partial charge in [-0.2, -0.15) is 5.26 Å². The predicted molar refractivity (Wildman–Crippen MR) is 85.3 cm³/mol. The normalized spacial score (nSPS) is 10.0. The lowest BCUT2D eigenvalue weighted by Gasteiger charge is -2.19. The number of rotatable bonds is 6. The van der Waals surface area contributed by atoms with E-state index < -0.39 is 0 Å². The molecular weight excluding hydrogens is 311 g/mol. The quantitative estimate of drug-likeness (QED) is 0.847. The highest BCUT2D eigenvalue weighted by Crippen LogP contribution is 2.06. The first-order valence-corrected chi connectivity index (χ1v) is 7.42. The summed E-state index contributed by atoms with van der Waals surface area (Å²) in [7, 11) is 0. The third-order valence-electron chi connectivity index (χ3n) is 3.45. The average molecular weight is 328 g/mol. The summed E-state index contributed by atoms with van der Waals surface area (Å²) in [5.41, 5.74) is 1.39. The van der Waals surface area contributed by atoms with Crippen molar-refractivity contribution >= 4 is 11.8 Å². The number of aromatic nitrogens is 1. The maximum absolute atomic E-state index is 12.8. The Morgan fingerprint density at radius 1 is 1.33 bits per heavy atom. The molecule has 6 nitrogen and oxygen atoms in total. The van der Waals surface area contributed by atoms with Crippen LogP contribution >= 0.6 is 0 Å². The topological polar surface area (TPSA) is 89.0 Å². The number of nitrogens with one attached hydrogen (secondary N) is 2. The molecule has 0 bridgehead atoms. The Bertz CT molecular complexity index is 762. The minimum atomic E-state index is -0.351. The first-order valence-electron chi connectivity index (χ1n) is 7.42. The Morgan fingerprint density at radius 3 is 2.62 bits per heavy atom. The number of H-pyrrole nitrogens is 1. The summed E-state index contributed by atoms with van der Waals surface area (Å²) in [6.45, 7) is 2.27. The zero-order valence-corrected chi connectivity index (χ0v) is 13.2. The van der Waals surface area contributed by atoms with Crippen LogP contribution in [0.1, 0.15) is 28.5 Å². The standard InChI is InChI=1S/C17H17FN4O2/c1-2-22(17(24)15-7-13(8-19)10-20-15)11-16(23)21-9-12-3-5-14(18)6-4-12/h3-7,10,20H,2,9,11H2,1H3,(H,21,23). The zero-order chi connectivity index (χ0) is 17.5. The van der Waals surface area contributed by atoms with Crippen LogP contribution in [0, 0.1) is 17.1 Å². The molecule has 2 aromatic rings. The number of likely N-dealkylation sites (N-methyl/N-ethyl adjacent to an activating group) is 1. The summed E-state index contributed by atoms with van der Waals surface area (Å²) in [6, 6.07) is 9.19. The fourth-order valence-corrected chi connectivity index (χ4v) is 2.11. The highest BCUT2D eigenvalue weighted by molar-refractivity contribution is 5.95. The fourth-order valence-electron chi connectivity index (χ4n) is 2.11. The Labute approximate surface area is 138 Å². The van der Waals surface area contributed by atoms with E-state index in [4.69, 9.17) is 5.26 Å². The van der Waals surface area contributed by atoms with Crippen molar-refractivity contribution in [1.29, 1.82) is 5.26 Å². The number of carbonyl (C=O) groups is 2. The third-order valence-corrected chi connectivity index (χ3v) is 3.45. The van der Waals surface area contributed by atoms with Crippen molar-refractivity contribution in [1.82, 2.24) is 15.2 Å². The molecule has 1 heterocycles. The largest absolute Gasteiger partial charge is 0.356 e. The van der Waals surface area contributed by atoms with Crippen LogP contribution in [0.4, 0.5) is 4.39 Å². The molecule has 0 aliphatic carbocycles. The molecule has 0 aliphatic rings. The summed E-state index contributed by atoms with van der Waals surface area (Å²) in [5, 5.41) is 11.5. The molecule has 24 heavy (non-hydrogen) atoms. The molecule has 2 rings (SSSR count). The van der Waals surface area contributed by atoms with Crippen LogP contribution in [-0.4, -0.2) is 34.8 Å². The van der Waals surface area contributed by atoms with Crippen molar-refractivity contribution in [2.45, 2.75) is 13.5 Å². The molecule has 0 fully saturated rings. The van der Waals surface area contributed by atoms with E-state index >= 15 is 0 Å². The van der Waals surface area contributed by atoms with Crippen LogP contribution in [0.25, 0.3) is 0 Å². The van der Waals surface area contributed by atoms with Gasteiger partial charge in [0.1, 0.15) is 17.6 Å². The van der Waals surface area contributed by atoms with Gasteiger partial charge >= 0.3 is 0 Å². The zero-order valence-electron chi connectivity index (χ0n) is 13.2. The molecular formula is C17H17FN4O2. The summed E-state index contributed by atoms with van der Waals surface area (Å²) in [4.78, 5) is 28.4. The lowest BCUT2D eigenvalue weighted by molar-refractivity contribution is -0.121. The molecule has 0 unspecified atom stereocenters. The highest BCUT2D eigenvalue weighted by Gasteiger charge is 2.18. The number of benzene rings is 1. The van der Waals surface area contributed by atoms with E-state index in [1.165, 1.54) is 29.3 Å². The Kier molecular flexibility index (Phi) is 5.68. The second-order valence-electron chi connectivity index (χ2n) is 5.14. The monoisotopic (exact) mass is 328 g/mol. The van der Waals surface area contributed by atoms with Crippen molar-refractivity contribution < 1.29 is 14.0 Å². The first-order chi connectivity index (χ1) is 11.5. The molecule has 0 aliphatic heterocycles. The number of halogens is 1. The van der Waals surface area contributed by atoms with E-state index in [0.717, 1.165) is 5.56 Å². The Hall–Kier alpha value is -3.14. The number of nitriles is 1. The van der Waals surface area contributed by atoms with Crippen molar-refractivity contribution in [3.05, 3.63) is 59.2 Å². The van der Waals surface area contributed by atoms with Gasteiger partial charge in [-0.15, -0.1) is 0 Å². The van der Waals surface area contributed by atoms with Gasteiger partial charge in [0.15, 0.2) is 0 Å². The average Bonchev–Trinajstić information content (AvgIpc) is 3.07. The second kappa shape index (κ2) is 7.92. The second-order valence-corrected chi connectivity index (χ2v) is 5.14. The number of carbonyl (C=O) groups excluding carboxylic acids is 2. The maximum atomic E-state index is 12.8. The van der Waals surface area contributed by atoms with Crippen LogP contribution in [0.2, 0.25) is 0 Å². The van der Waals surface area contributed by atoms with E-state index in [0.29, 0.717) is 12.1 Å². The first kappa shape index (κ1) is 17.2. The van der Waals surface area contributed by atoms with Gasteiger partial charge in [0.2, 0.25) is 5.91 Å². The van der Waals surface area contributed by atoms with Gasteiger partial charge in [-0.1, -0.05) is 12.1 Å². The number of nitrogens with zero attached hydrogens (tertiary/aromatic N) is 2. The Balaban J connectivity index is 1.91.